The Balaban J connectivity index is 1.39. The molecule has 2 aromatic carbocycles. The van der Waals surface area contributed by atoms with E-state index >= 15 is 0 Å². The molecule has 33 heavy (non-hydrogen) atoms. The van der Waals surface area contributed by atoms with Crippen molar-refractivity contribution >= 4 is 22.6 Å². The van der Waals surface area contributed by atoms with Gasteiger partial charge >= 0.3 is 12.1 Å². The van der Waals surface area contributed by atoms with E-state index in [0.29, 0.717) is 19.0 Å². The number of fused-ring (bicyclic) bond motifs is 1. The number of carbonyl (C=O) groups is 1. The van der Waals surface area contributed by atoms with Crippen molar-refractivity contribution < 1.29 is 18.0 Å². The number of carbonyl (C=O) groups excluding carboxylic acids is 1. The number of benzene rings is 2. The summed E-state index contributed by atoms with van der Waals surface area (Å²) in [5, 5.41) is 2.32. The minimum absolute atomic E-state index is 0.0132. The van der Waals surface area contributed by atoms with Crippen LogP contribution in [0.3, 0.4) is 0 Å². The molecule has 0 aliphatic carbocycles. The molecule has 0 spiro atoms. The standard InChI is InChI=1S/C24H26F3N5O/c1-30(13-14-31(2)22(33)24(25,26)27)20-10-12-32(16-20)23-28-11-9-21(29-23)19-8-7-17-5-3-4-6-18(17)15-19/h3-9,11,15,20H,10,12-14,16H2,1-2H3/t20-/m1/s1. The van der Waals surface area contributed by atoms with Crippen molar-refractivity contribution in [2.75, 3.05) is 45.2 Å². The van der Waals surface area contributed by atoms with Crippen molar-refractivity contribution in [2.24, 2.45) is 0 Å². The molecule has 6 nitrogen and oxygen atoms in total. The molecule has 3 aromatic rings. The Labute approximate surface area is 190 Å². The van der Waals surface area contributed by atoms with Gasteiger partial charge in [-0.15, -0.1) is 0 Å². The first-order chi connectivity index (χ1) is 15.7. The van der Waals surface area contributed by atoms with Gasteiger partial charge in [-0.05, 0) is 36.4 Å². The molecule has 4 rings (SSSR count). The van der Waals surface area contributed by atoms with Crippen molar-refractivity contribution in [3.63, 3.8) is 0 Å². The first kappa shape index (κ1) is 23.0. The van der Waals surface area contributed by atoms with E-state index in [1.807, 2.05) is 36.2 Å². The zero-order valence-corrected chi connectivity index (χ0v) is 18.6. The predicted molar refractivity (Wildman–Crippen MR) is 122 cm³/mol. The number of rotatable bonds is 6. The molecule has 0 bridgehead atoms. The highest BCUT2D eigenvalue weighted by atomic mass is 19.4. The number of anilines is 1. The van der Waals surface area contributed by atoms with Gasteiger partial charge in [0, 0.05) is 51.0 Å². The topological polar surface area (TPSA) is 52.6 Å². The Kier molecular flexibility index (Phi) is 6.51. The molecule has 0 N–H and O–H groups in total. The minimum Gasteiger partial charge on any atom is -0.339 e. The van der Waals surface area contributed by atoms with Gasteiger partial charge in [0.15, 0.2) is 0 Å². The average Bonchev–Trinajstić information content (AvgIpc) is 3.31. The van der Waals surface area contributed by atoms with E-state index in [1.54, 1.807) is 6.20 Å². The van der Waals surface area contributed by atoms with E-state index in [2.05, 4.69) is 34.1 Å². The van der Waals surface area contributed by atoms with E-state index in [-0.39, 0.29) is 12.6 Å². The molecule has 1 saturated heterocycles. The molecular weight excluding hydrogens is 431 g/mol. The smallest absolute Gasteiger partial charge is 0.339 e. The number of hydrogen-bond donors (Lipinski definition) is 0. The molecular formula is C24H26F3N5O. The van der Waals surface area contributed by atoms with Gasteiger partial charge in [0.25, 0.3) is 0 Å². The van der Waals surface area contributed by atoms with Gasteiger partial charge < -0.3 is 9.80 Å². The number of likely N-dealkylation sites (N-methyl/N-ethyl adjacent to an activating group) is 2. The minimum atomic E-state index is -4.84. The van der Waals surface area contributed by atoms with E-state index < -0.39 is 12.1 Å². The van der Waals surface area contributed by atoms with Gasteiger partial charge in [0.05, 0.1) is 5.69 Å². The molecule has 9 heteroatoms. The largest absolute Gasteiger partial charge is 0.471 e. The molecule has 1 aliphatic rings. The highest BCUT2D eigenvalue weighted by molar-refractivity contribution is 5.86. The number of hydrogen-bond acceptors (Lipinski definition) is 5. The zero-order chi connectivity index (χ0) is 23.6. The van der Waals surface area contributed by atoms with Crippen molar-refractivity contribution in [1.82, 2.24) is 19.8 Å². The van der Waals surface area contributed by atoms with Crippen LogP contribution in [0.25, 0.3) is 22.0 Å². The highest BCUT2D eigenvalue weighted by Gasteiger charge is 2.41. The molecule has 174 valence electrons. The van der Waals surface area contributed by atoms with E-state index in [1.165, 1.54) is 12.4 Å². The number of aromatic nitrogens is 2. The lowest BCUT2D eigenvalue weighted by Crippen LogP contribution is -2.44. The lowest BCUT2D eigenvalue weighted by molar-refractivity contribution is -0.184. The Morgan fingerprint density at radius 3 is 2.61 bits per heavy atom. The summed E-state index contributed by atoms with van der Waals surface area (Å²) >= 11 is 0. The highest BCUT2D eigenvalue weighted by Crippen LogP contribution is 2.26. The Morgan fingerprint density at radius 2 is 1.85 bits per heavy atom. The zero-order valence-electron chi connectivity index (χ0n) is 18.6. The lowest BCUT2D eigenvalue weighted by Gasteiger charge is -2.27. The molecule has 1 fully saturated rings. The SMILES string of the molecule is CN(CCN(C)[C@@H]1CCN(c2nccc(-c3ccc4ccccc4c3)n2)C1)C(=O)C(F)(F)F. The van der Waals surface area contributed by atoms with Gasteiger partial charge in [-0.2, -0.15) is 13.2 Å². The molecule has 1 atom stereocenters. The maximum atomic E-state index is 12.6. The Bertz CT molecular complexity index is 1140. The fourth-order valence-corrected chi connectivity index (χ4v) is 4.10. The van der Waals surface area contributed by atoms with Crippen LogP contribution in [0.1, 0.15) is 6.42 Å². The Hall–Kier alpha value is -3.20. The quantitative estimate of drug-likeness (QED) is 0.563. The molecule has 0 unspecified atom stereocenters. The maximum absolute atomic E-state index is 12.6. The first-order valence-electron chi connectivity index (χ1n) is 10.8. The fraction of sp³-hybridized carbons (Fsp3) is 0.375. The van der Waals surface area contributed by atoms with Gasteiger partial charge in [0.2, 0.25) is 5.95 Å². The second-order valence-corrected chi connectivity index (χ2v) is 8.40. The third-order valence-electron chi connectivity index (χ3n) is 6.13. The van der Waals surface area contributed by atoms with Crippen LogP contribution in [0.4, 0.5) is 19.1 Å². The van der Waals surface area contributed by atoms with Crippen LogP contribution in [0, 0.1) is 0 Å². The van der Waals surface area contributed by atoms with Crippen molar-refractivity contribution in [1.29, 1.82) is 0 Å². The summed E-state index contributed by atoms with van der Waals surface area (Å²) in [6.45, 7) is 1.80. The Morgan fingerprint density at radius 1 is 1.09 bits per heavy atom. The van der Waals surface area contributed by atoms with Gasteiger partial charge in [0.1, 0.15) is 0 Å². The molecule has 1 amide bonds. The summed E-state index contributed by atoms with van der Waals surface area (Å²) in [5.41, 5.74) is 1.86. The van der Waals surface area contributed by atoms with Crippen LogP contribution in [0.2, 0.25) is 0 Å². The van der Waals surface area contributed by atoms with Crippen LogP contribution in [-0.2, 0) is 4.79 Å². The average molecular weight is 458 g/mol. The van der Waals surface area contributed by atoms with Gasteiger partial charge in [-0.3, -0.25) is 9.69 Å². The van der Waals surface area contributed by atoms with Crippen LogP contribution >= 0.6 is 0 Å². The number of amides is 1. The molecule has 1 aromatic heterocycles. The second kappa shape index (κ2) is 9.35. The molecule has 1 aliphatic heterocycles. The molecule has 0 radical (unpaired) electrons. The summed E-state index contributed by atoms with van der Waals surface area (Å²) < 4.78 is 37.7. The van der Waals surface area contributed by atoms with Crippen LogP contribution in [0.15, 0.2) is 54.7 Å². The molecule has 0 saturated carbocycles. The summed E-state index contributed by atoms with van der Waals surface area (Å²) in [4.78, 5) is 25.3. The van der Waals surface area contributed by atoms with Crippen LogP contribution < -0.4 is 4.90 Å². The van der Waals surface area contributed by atoms with E-state index in [0.717, 1.165) is 34.5 Å². The first-order valence-corrected chi connectivity index (χ1v) is 10.8. The van der Waals surface area contributed by atoms with Crippen LogP contribution in [0.5, 0.6) is 0 Å². The lowest BCUT2D eigenvalue weighted by atomic mass is 10.1. The fourth-order valence-electron chi connectivity index (χ4n) is 4.10. The van der Waals surface area contributed by atoms with Gasteiger partial charge in [-0.1, -0.05) is 36.4 Å². The maximum Gasteiger partial charge on any atom is 0.471 e. The predicted octanol–water partition coefficient (Wildman–Crippen LogP) is 3.83. The summed E-state index contributed by atoms with van der Waals surface area (Å²) in [5.74, 6) is -1.18. The third-order valence-corrected chi connectivity index (χ3v) is 6.13. The van der Waals surface area contributed by atoms with E-state index in [4.69, 9.17) is 4.98 Å². The molecule has 2 heterocycles. The van der Waals surface area contributed by atoms with E-state index in [9.17, 15) is 18.0 Å². The summed E-state index contributed by atoms with van der Waals surface area (Å²) in [6.07, 6.45) is -2.25. The third kappa shape index (κ3) is 5.24. The number of alkyl halides is 3. The van der Waals surface area contributed by atoms with Gasteiger partial charge in [-0.25, -0.2) is 9.97 Å². The second-order valence-electron chi connectivity index (χ2n) is 8.40. The monoisotopic (exact) mass is 457 g/mol. The summed E-state index contributed by atoms with van der Waals surface area (Å²) in [6, 6.07) is 16.4. The number of halogens is 3. The van der Waals surface area contributed by atoms with Crippen molar-refractivity contribution in [3.8, 4) is 11.3 Å². The van der Waals surface area contributed by atoms with Crippen molar-refractivity contribution in [2.45, 2.75) is 18.6 Å². The van der Waals surface area contributed by atoms with Crippen molar-refractivity contribution in [3.05, 3.63) is 54.7 Å². The summed E-state index contributed by atoms with van der Waals surface area (Å²) in [7, 11) is 3.04. The normalized spacial score (nSPS) is 16.5. The van der Waals surface area contributed by atoms with Crippen LogP contribution in [-0.4, -0.2) is 78.2 Å². The number of nitrogens with zero attached hydrogens (tertiary/aromatic N) is 5.